The SMILES string of the molecule is CC.CC(=O)N1CCN(S(C)(O)O)CC1. The van der Waals surface area contributed by atoms with Crippen molar-refractivity contribution < 1.29 is 13.9 Å². The molecule has 0 spiro atoms. The highest BCUT2D eigenvalue weighted by atomic mass is 32.3. The van der Waals surface area contributed by atoms with Crippen molar-refractivity contribution in [3.63, 3.8) is 0 Å². The van der Waals surface area contributed by atoms with E-state index in [-0.39, 0.29) is 5.91 Å². The fourth-order valence-electron chi connectivity index (χ4n) is 1.35. The second-order valence-electron chi connectivity index (χ2n) is 3.23. The molecule has 2 N–H and O–H groups in total. The van der Waals surface area contributed by atoms with Gasteiger partial charge in [0.1, 0.15) is 0 Å². The van der Waals surface area contributed by atoms with Gasteiger partial charge in [-0.3, -0.25) is 13.9 Å². The first-order valence-corrected chi connectivity index (χ1v) is 7.06. The number of amides is 1. The zero-order chi connectivity index (χ0) is 12.1. The zero-order valence-electron chi connectivity index (χ0n) is 9.93. The molecule has 15 heavy (non-hydrogen) atoms. The first kappa shape index (κ1) is 14.7. The molecule has 5 nitrogen and oxygen atoms in total. The predicted molar refractivity (Wildman–Crippen MR) is 63.9 cm³/mol. The Bertz CT molecular complexity index is 198. The number of rotatable bonds is 1. The smallest absolute Gasteiger partial charge is 0.219 e. The lowest BCUT2D eigenvalue weighted by Gasteiger charge is -2.44. The van der Waals surface area contributed by atoms with E-state index < -0.39 is 10.8 Å². The molecule has 0 aromatic heterocycles. The lowest BCUT2D eigenvalue weighted by Crippen LogP contribution is -2.48. The molecule has 1 aliphatic rings. The van der Waals surface area contributed by atoms with E-state index in [9.17, 15) is 13.9 Å². The third-order valence-electron chi connectivity index (χ3n) is 2.17. The summed E-state index contributed by atoms with van der Waals surface area (Å²) in [4.78, 5) is 12.7. The van der Waals surface area contributed by atoms with Gasteiger partial charge in [-0.25, -0.2) is 4.31 Å². The Balaban J connectivity index is 0.000000921. The third kappa shape index (κ3) is 4.83. The van der Waals surface area contributed by atoms with Crippen LogP contribution in [0.5, 0.6) is 0 Å². The average Bonchev–Trinajstić information content (AvgIpc) is 2.20. The molecule has 1 aliphatic heterocycles. The minimum Gasteiger partial charge on any atom is -0.340 e. The highest BCUT2D eigenvalue weighted by Gasteiger charge is 2.24. The summed E-state index contributed by atoms with van der Waals surface area (Å²) in [5, 5.41) is 0. The Morgan fingerprint density at radius 3 is 1.80 bits per heavy atom. The Morgan fingerprint density at radius 2 is 1.53 bits per heavy atom. The maximum atomic E-state index is 10.9. The van der Waals surface area contributed by atoms with Crippen LogP contribution in [-0.4, -0.2) is 56.7 Å². The normalized spacial score (nSPS) is 19.2. The van der Waals surface area contributed by atoms with E-state index in [1.165, 1.54) is 13.2 Å². The molecule has 0 atom stereocenters. The molecule has 1 rings (SSSR count). The lowest BCUT2D eigenvalue weighted by atomic mass is 10.3. The van der Waals surface area contributed by atoms with Crippen LogP contribution in [0, 0.1) is 0 Å². The van der Waals surface area contributed by atoms with E-state index in [0.717, 1.165) is 0 Å². The Morgan fingerprint density at radius 1 is 1.13 bits per heavy atom. The van der Waals surface area contributed by atoms with Gasteiger partial charge < -0.3 is 4.90 Å². The van der Waals surface area contributed by atoms with Gasteiger partial charge in [0, 0.05) is 39.4 Å². The molecule has 0 unspecified atom stereocenters. The summed E-state index contributed by atoms with van der Waals surface area (Å²) in [5.41, 5.74) is 0. The van der Waals surface area contributed by atoms with Crippen molar-refractivity contribution in [1.29, 1.82) is 0 Å². The van der Waals surface area contributed by atoms with Gasteiger partial charge in [-0.2, -0.15) is 0 Å². The Labute approximate surface area is 93.5 Å². The van der Waals surface area contributed by atoms with Crippen LogP contribution in [-0.2, 0) is 4.79 Å². The number of nitrogens with zero attached hydrogens (tertiary/aromatic N) is 2. The van der Waals surface area contributed by atoms with Crippen LogP contribution < -0.4 is 0 Å². The lowest BCUT2D eigenvalue weighted by molar-refractivity contribution is -0.130. The molecule has 1 saturated heterocycles. The molecule has 0 bridgehead atoms. The molecule has 1 amide bonds. The zero-order valence-corrected chi connectivity index (χ0v) is 10.8. The number of carbonyl (C=O) groups is 1. The molecule has 0 aromatic rings. The van der Waals surface area contributed by atoms with Crippen LogP contribution >= 0.6 is 10.8 Å². The van der Waals surface area contributed by atoms with E-state index in [4.69, 9.17) is 0 Å². The van der Waals surface area contributed by atoms with Crippen molar-refractivity contribution in [1.82, 2.24) is 9.21 Å². The van der Waals surface area contributed by atoms with Crippen molar-refractivity contribution in [2.75, 3.05) is 32.4 Å². The quantitative estimate of drug-likeness (QED) is 0.726. The van der Waals surface area contributed by atoms with E-state index in [1.807, 2.05) is 13.8 Å². The summed E-state index contributed by atoms with van der Waals surface area (Å²) in [7, 11) is -2.58. The molecule has 0 aliphatic carbocycles. The highest BCUT2D eigenvalue weighted by Crippen LogP contribution is 2.38. The topological polar surface area (TPSA) is 64.0 Å². The van der Waals surface area contributed by atoms with Gasteiger partial charge in [-0.1, -0.05) is 13.8 Å². The molecule has 0 saturated carbocycles. The summed E-state index contributed by atoms with van der Waals surface area (Å²) in [6, 6.07) is 0. The van der Waals surface area contributed by atoms with Gasteiger partial charge in [0.2, 0.25) is 5.91 Å². The average molecular weight is 238 g/mol. The number of hydrogen-bond acceptors (Lipinski definition) is 4. The maximum absolute atomic E-state index is 10.9. The molecular weight excluding hydrogens is 216 g/mol. The fourth-order valence-corrected chi connectivity index (χ4v) is 2.20. The van der Waals surface area contributed by atoms with Crippen molar-refractivity contribution in [2.24, 2.45) is 0 Å². The van der Waals surface area contributed by atoms with Crippen LogP contribution in [0.25, 0.3) is 0 Å². The molecule has 0 aromatic carbocycles. The van der Waals surface area contributed by atoms with Crippen molar-refractivity contribution >= 4 is 16.7 Å². The maximum Gasteiger partial charge on any atom is 0.219 e. The molecule has 92 valence electrons. The van der Waals surface area contributed by atoms with Gasteiger partial charge in [0.05, 0.1) is 0 Å². The predicted octanol–water partition coefficient (Wildman–Crippen LogP) is 1.47. The second-order valence-corrected chi connectivity index (χ2v) is 5.33. The molecule has 6 heteroatoms. The van der Waals surface area contributed by atoms with E-state index in [0.29, 0.717) is 26.2 Å². The van der Waals surface area contributed by atoms with Crippen LogP contribution in [0.1, 0.15) is 20.8 Å². The molecular formula is C9H22N2O3S. The van der Waals surface area contributed by atoms with Crippen molar-refractivity contribution in [3.05, 3.63) is 0 Å². The summed E-state index contributed by atoms with van der Waals surface area (Å²) < 4.78 is 20.3. The van der Waals surface area contributed by atoms with Crippen LogP contribution in [0.2, 0.25) is 0 Å². The molecule has 1 heterocycles. The van der Waals surface area contributed by atoms with E-state index in [2.05, 4.69) is 0 Å². The van der Waals surface area contributed by atoms with Crippen molar-refractivity contribution in [2.45, 2.75) is 20.8 Å². The van der Waals surface area contributed by atoms with Gasteiger partial charge >= 0.3 is 0 Å². The van der Waals surface area contributed by atoms with Crippen LogP contribution in [0.15, 0.2) is 0 Å². The third-order valence-corrected chi connectivity index (χ3v) is 3.52. The Kier molecular flexibility index (Phi) is 6.19. The van der Waals surface area contributed by atoms with E-state index >= 15 is 0 Å². The summed E-state index contributed by atoms with van der Waals surface area (Å²) in [6.45, 7) is 7.77. The van der Waals surface area contributed by atoms with Crippen molar-refractivity contribution in [3.8, 4) is 0 Å². The monoisotopic (exact) mass is 238 g/mol. The highest BCUT2D eigenvalue weighted by molar-refractivity contribution is 8.21. The number of piperazine rings is 1. The van der Waals surface area contributed by atoms with E-state index in [1.54, 1.807) is 9.21 Å². The standard InChI is InChI=1S/C7H16N2O3S.C2H6/c1-7(10)8-3-5-9(6-4-8)13(2,11)12;1-2/h11-12H,3-6H2,1-2H3;1-2H3. The second kappa shape index (κ2) is 6.32. The van der Waals surface area contributed by atoms with Gasteiger partial charge in [0.25, 0.3) is 0 Å². The number of hydrogen-bond donors (Lipinski definition) is 2. The largest absolute Gasteiger partial charge is 0.340 e. The van der Waals surface area contributed by atoms with Gasteiger partial charge in [-0.05, 0) is 0 Å². The Hall–Kier alpha value is -0.300. The van der Waals surface area contributed by atoms with Gasteiger partial charge in [0.15, 0.2) is 0 Å². The fraction of sp³-hybridized carbons (Fsp3) is 0.889. The number of carbonyl (C=O) groups excluding carboxylic acids is 1. The summed E-state index contributed by atoms with van der Waals surface area (Å²) >= 11 is 0. The summed E-state index contributed by atoms with van der Waals surface area (Å²) in [5.74, 6) is 0.0484. The molecule has 1 fully saturated rings. The first-order valence-electron chi connectivity index (χ1n) is 5.15. The minimum atomic E-state index is -2.58. The summed E-state index contributed by atoms with van der Waals surface area (Å²) in [6.07, 6.45) is 1.41. The van der Waals surface area contributed by atoms with Crippen LogP contribution in [0.3, 0.4) is 0 Å². The first-order chi connectivity index (χ1) is 6.91. The van der Waals surface area contributed by atoms with Gasteiger partial charge in [-0.15, -0.1) is 10.8 Å². The van der Waals surface area contributed by atoms with Crippen LogP contribution in [0.4, 0.5) is 0 Å². The minimum absolute atomic E-state index is 0.0484. The molecule has 0 radical (unpaired) electrons.